The molecule has 0 bridgehead atoms. The van der Waals surface area contributed by atoms with Gasteiger partial charge in [0, 0.05) is 44.1 Å². The number of hydrogen-bond donors (Lipinski definition) is 0. The Morgan fingerprint density at radius 3 is 2.33 bits per heavy atom. The molecule has 1 saturated carbocycles. The summed E-state index contributed by atoms with van der Waals surface area (Å²) in [5.74, 6) is 1.90. The number of ether oxygens (including phenoxy) is 4. The number of amides is 2. The summed E-state index contributed by atoms with van der Waals surface area (Å²) in [6.45, 7) is 4.23. The van der Waals surface area contributed by atoms with Gasteiger partial charge in [-0.05, 0) is 60.9 Å². The van der Waals surface area contributed by atoms with Crippen LogP contribution in [-0.2, 0) is 14.3 Å². The van der Waals surface area contributed by atoms with Crippen molar-refractivity contribution in [2.45, 2.75) is 25.3 Å². The number of hydrazone groups is 1. The highest BCUT2D eigenvalue weighted by atomic mass is 16.5. The molecule has 0 spiro atoms. The first-order valence-corrected chi connectivity index (χ1v) is 13.9. The fraction of sp³-hybridized carbons (Fsp3) is 0.500. The number of benzene rings is 2. The Labute approximate surface area is 235 Å². The first-order valence-electron chi connectivity index (χ1n) is 13.9. The summed E-state index contributed by atoms with van der Waals surface area (Å²) in [6, 6.07) is 12.8. The van der Waals surface area contributed by atoms with Crippen LogP contribution in [0.1, 0.15) is 36.4 Å². The summed E-state index contributed by atoms with van der Waals surface area (Å²) in [4.78, 5) is 31.2. The van der Waals surface area contributed by atoms with Crippen LogP contribution < -0.4 is 14.2 Å². The van der Waals surface area contributed by atoms with E-state index in [0.29, 0.717) is 44.2 Å². The normalized spacial score (nSPS) is 19.2. The second-order valence-corrected chi connectivity index (χ2v) is 10.3. The minimum Gasteiger partial charge on any atom is -0.497 e. The zero-order chi connectivity index (χ0) is 28.1. The molecule has 2 amide bonds. The van der Waals surface area contributed by atoms with Crippen molar-refractivity contribution in [2.24, 2.45) is 11.0 Å². The largest absolute Gasteiger partial charge is 0.497 e. The van der Waals surface area contributed by atoms with Gasteiger partial charge in [-0.3, -0.25) is 14.5 Å². The van der Waals surface area contributed by atoms with Gasteiger partial charge in [0.25, 0.3) is 5.91 Å². The second-order valence-electron chi connectivity index (χ2n) is 10.3. The van der Waals surface area contributed by atoms with Crippen LogP contribution >= 0.6 is 0 Å². The third-order valence-corrected chi connectivity index (χ3v) is 7.74. The van der Waals surface area contributed by atoms with Crippen LogP contribution in [-0.4, -0.2) is 99.6 Å². The number of morpholine rings is 1. The molecule has 0 radical (unpaired) electrons. The summed E-state index contributed by atoms with van der Waals surface area (Å²) in [5, 5.41) is 6.35. The van der Waals surface area contributed by atoms with Gasteiger partial charge >= 0.3 is 0 Å². The SMILES string of the molecule is COc1ccc(C2=NN(C(=O)CN(CCN3CCOCC3)C(=O)C3CC3)[C@H](c3cc(OC)ccc3OC)C2)cc1. The molecule has 5 rings (SSSR count). The molecule has 2 aromatic carbocycles. The average molecular weight is 551 g/mol. The highest BCUT2D eigenvalue weighted by Gasteiger charge is 2.39. The van der Waals surface area contributed by atoms with Crippen molar-refractivity contribution in [2.75, 3.05) is 67.3 Å². The summed E-state index contributed by atoms with van der Waals surface area (Å²) in [7, 11) is 4.85. The number of nitrogens with zero attached hydrogens (tertiary/aromatic N) is 4. The maximum Gasteiger partial charge on any atom is 0.262 e. The van der Waals surface area contributed by atoms with Gasteiger partial charge < -0.3 is 23.8 Å². The second kappa shape index (κ2) is 12.7. The standard InChI is InChI=1S/C30H38N4O6/c1-37-23-8-6-21(7-9-23)26-19-27(25-18-24(38-2)10-11-28(25)39-3)34(31-26)29(35)20-33(30(36)22-4-5-22)13-12-32-14-16-40-17-15-32/h6-11,18,22,27H,4-5,12-17,19-20H2,1-3H3/t27-/m0/s1. The average Bonchev–Trinajstić information content (AvgIpc) is 3.76. The van der Waals surface area contributed by atoms with Crippen LogP contribution in [0.4, 0.5) is 0 Å². The van der Waals surface area contributed by atoms with Crippen molar-refractivity contribution in [3.8, 4) is 17.2 Å². The Morgan fingerprint density at radius 2 is 1.68 bits per heavy atom. The van der Waals surface area contributed by atoms with Crippen LogP contribution in [0.25, 0.3) is 0 Å². The van der Waals surface area contributed by atoms with Crippen molar-refractivity contribution >= 4 is 17.5 Å². The van der Waals surface area contributed by atoms with E-state index in [1.54, 1.807) is 26.2 Å². The van der Waals surface area contributed by atoms with E-state index in [2.05, 4.69) is 4.90 Å². The molecule has 1 saturated heterocycles. The third-order valence-electron chi connectivity index (χ3n) is 7.74. The monoisotopic (exact) mass is 550 g/mol. The lowest BCUT2D eigenvalue weighted by atomic mass is 9.97. The van der Waals surface area contributed by atoms with Gasteiger partial charge in [0.05, 0.1) is 46.3 Å². The minimum atomic E-state index is -0.410. The van der Waals surface area contributed by atoms with Gasteiger partial charge in [-0.15, -0.1) is 0 Å². The molecule has 0 N–H and O–H groups in total. The van der Waals surface area contributed by atoms with Crippen molar-refractivity contribution in [1.29, 1.82) is 0 Å². The summed E-state index contributed by atoms with van der Waals surface area (Å²) < 4.78 is 21.9. The van der Waals surface area contributed by atoms with E-state index in [1.807, 2.05) is 42.5 Å². The van der Waals surface area contributed by atoms with Gasteiger partial charge in [0.2, 0.25) is 5.91 Å². The van der Waals surface area contributed by atoms with Gasteiger partial charge in [-0.25, -0.2) is 5.01 Å². The Balaban J connectivity index is 1.41. The first-order chi connectivity index (χ1) is 19.5. The molecule has 2 aliphatic heterocycles. The topological polar surface area (TPSA) is 93.1 Å². The molecule has 214 valence electrons. The zero-order valence-corrected chi connectivity index (χ0v) is 23.5. The summed E-state index contributed by atoms with van der Waals surface area (Å²) >= 11 is 0. The van der Waals surface area contributed by atoms with Crippen LogP contribution in [0.3, 0.4) is 0 Å². The van der Waals surface area contributed by atoms with E-state index in [-0.39, 0.29) is 24.3 Å². The molecule has 1 aliphatic carbocycles. The number of methoxy groups -OCH3 is 3. The first kappa shape index (κ1) is 27.9. The lowest BCUT2D eigenvalue weighted by Crippen LogP contribution is -2.47. The van der Waals surface area contributed by atoms with E-state index >= 15 is 0 Å². The minimum absolute atomic E-state index is 0.0173. The van der Waals surface area contributed by atoms with Crippen molar-refractivity contribution in [1.82, 2.24) is 14.8 Å². The number of hydrogen-bond acceptors (Lipinski definition) is 8. The van der Waals surface area contributed by atoms with Gasteiger partial charge in [0.15, 0.2) is 0 Å². The molecule has 2 aromatic rings. The van der Waals surface area contributed by atoms with E-state index in [4.69, 9.17) is 24.0 Å². The van der Waals surface area contributed by atoms with Crippen molar-refractivity contribution < 1.29 is 28.5 Å². The molecule has 10 heteroatoms. The predicted molar refractivity (Wildman–Crippen MR) is 150 cm³/mol. The third kappa shape index (κ3) is 6.39. The number of carbonyl (C=O) groups excluding carboxylic acids is 2. The molecule has 10 nitrogen and oxygen atoms in total. The summed E-state index contributed by atoms with van der Waals surface area (Å²) in [5.41, 5.74) is 2.48. The lowest BCUT2D eigenvalue weighted by molar-refractivity contribution is -0.142. The van der Waals surface area contributed by atoms with Crippen molar-refractivity contribution in [3.63, 3.8) is 0 Å². The van der Waals surface area contributed by atoms with E-state index in [1.165, 1.54) is 5.01 Å². The smallest absolute Gasteiger partial charge is 0.262 e. The molecule has 40 heavy (non-hydrogen) atoms. The van der Waals surface area contributed by atoms with E-state index in [0.717, 1.165) is 48.5 Å². The molecular formula is C30H38N4O6. The fourth-order valence-corrected chi connectivity index (χ4v) is 5.22. The lowest BCUT2D eigenvalue weighted by Gasteiger charge is -2.31. The van der Waals surface area contributed by atoms with Gasteiger partial charge in [-0.1, -0.05) is 0 Å². The zero-order valence-electron chi connectivity index (χ0n) is 23.5. The molecular weight excluding hydrogens is 512 g/mol. The maximum absolute atomic E-state index is 14.0. The van der Waals surface area contributed by atoms with Crippen LogP contribution in [0.5, 0.6) is 17.2 Å². The van der Waals surface area contributed by atoms with Gasteiger partial charge in [0.1, 0.15) is 23.8 Å². The molecule has 1 atom stereocenters. The fourth-order valence-electron chi connectivity index (χ4n) is 5.22. The Hall–Kier alpha value is -3.63. The molecule has 2 fully saturated rings. The van der Waals surface area contributed by atoms with Crippen LogP contribution in [0, 0.1) is 5.92 Å². The number of rotatable bonds is 11. The Bertz CT molecular complexity index is 1220. The summed E-state index contributed by atoms with van der Waals surface area (Å²) in [6.07, 6.45) is 2.26. The molecule has 0 unspecified atom stereocenters. The Kier molecular flexibility index (Phi) is 8.86. The quantitative estimate of drug-likeness (QED) is 0.425. The highest BCUT2D eigenvalue weighted by molar-refractivity contribution is 6.03. The maximum atomic E-state index is 14.0. The van der Waals surface area contributed by atoms with E-state index in [9.17, 15) is 9.59 Å². The van der Waals surface area contributed by atoms with Gasteiger partial charge in [-0.2, -0.15) is 5.10 Å². The van der Waals surface area contributed by atoms with Crippen LogP contribution in [0.15, 0.2) is 47.6 Å². The predicted octanol–water partition coefficient (Wildman–Crippen LogP) is 2.96. The Morgan fingerprint density at radius 1 is 0.975 bits per heavy atom. The van der Waals surface area contributed by atoms with Crippen LogP contribution in [0.2, 0.25) is 0 Å². The molecule has 0 aromatic heterocycles. The highest BCUT2D eigenvalue weighted by Crippen LogP contribution is 2.40. The van der Waals surface area contributed by atoms with Crippen molar-refractivity contribution in [3.05, 3.63) is 53.6 Å². The number of carbonyl (C=O) groups is 2. The molecule has 3 aliphatic rings. The molecule has 2 heterocycles. The van der Waals surface area contributed by atoms with E-state index < -0.39 is 6.04 Å².